The van der Waals surface area contributed by atoms with E-state index >= 15 is 0 Å². The van der Waals surface area contributed by atoms with Crippen LogP contribution in [0.25, 0.3) is 10.3 Å². The molecule has 1 aromatic carbocycles. The van der Waals surface area contributed by atoms with Crippen molar-refractivity contribution in [3.63, 3.8) is 0 Å². The van der Waals surface area contributed by atoms with Crippen molar-refractivity contribution in [3.05, 3.63) is 46.5 Å². The summed E-state index contributed by atoms with van der Waals surface area (Å²) in [5.41, 5.74) is 0.810. The molecule has 0 saturated carbocycles. The molecule has 4 rings (SSSR count). The van der Waals surface area contributed by atoms with E-state index in [1.807, 2.05) is 4.90 Å². The molecule has 0 unspecified atom stereocenters. The molecule has 34 heavy (non-hydrogen) atoms. The van der Waals surface area contributed by atoms with Crippen molar-refractivity contribution in [2.75, 3.05) is 37.5 Å². The number of anilines is 2. The Balaban J connectivity index is 1.47. The number of nitrogens with one attached hydrogen (secondary N) is 2. The van der Waals surface area contributed by atoms with Gasteiger partial charge in [-0.2, -0.15) is 4.98 Å². The number of methoxy groups -OCH3 is 1. The van der Waals surface area contributed by atoms with Crippen LogP contribution in [-0.2, 0) is 20.9 Å². The number of carbonyl (C=O) groups excluding carboxylic acids is 3. The van der Waals surface area contributed by atoms with Gasteiger partial charge in [0.05, 0.1) is 18.6 Å². The second-order valence-corrected chi connectivity index (χ2v) is 8.82. The summed E-state index contributed by atoms with van der Waals surface area (Å²) >= 11 is 1.22. The maximum Gasteiger partial charge on any atom is 0.337 e. The summed E-state index contributed by atoms with van der Waals surface area (Å²) < 4.78 is 6.23. The monoisotopic (exact) mass is 484 g/mol. The Bertz CT molecular complexity index is 1290. The minimum Gasteiger partial charge on any atom is -0.465 e. The molecule has 3 heterocycles. The average molecular weight is 485 g/mol. The molecule has 1 atom stereocenters. The predicted molar refractivity (Wildman–Crippen MR) is 127 cm³/mol. The van der Waals surface area contributed by atoms with Gasteiger partial charge in [-0.05, 0) is 37.1 Å². The van der Waals surface area contributed by atoms with Gasteiger partial charge in [-0.3, -0.25) is 19.0 Å². The Morgan fingerprint density at radius 3 is 2.71 bits per heavy atom. The first-order chi connectivity index (χ1) is 16.4. The van der Waals surface area contributed by atoms with Gasteiger partial charge < -0.3 is 20.3 Å². The molecular weight excluding hydrogens is 460 g/mol. The third kappa shape index (κ3) is 4.91. The fourth-order valence-electron chi connectivity index (χ4n) is 3.81. The van der Waals surface area contributed by atoms with Gasteiger partial charge in [-0.15, -0.1) is 0 Å². The number of fused-ring (bicyclic) bond motifs is 1. The molecule has 2 aromatic heterocycles. The summed E-state index contributed by atoms with van der Waals surface area (Å²) in [7, 11) is 2.92. The number of thiazole rings is 1. The van der Waals surface area contributed by atoms with Gasteiger partial charge in [0.1, 0.15) is 17.6 Å². The van der Waals surface area contributed by atoms with Gasteiger partial charge in [0.15, 0.2) is 10.8 Å². The Kier molecular flexibility index (Phi) is 6.87. The van der Waals surface area contributed by atoms with Gasteiger partial charge in [0.2, 0.25) is 11.8 Å². The van der Waals surface area contributed by atoms with E-state index in [1.165, 1.54) is 41.5 Å². The summed E-state index contributed by atoms with van der Waals surface area (Å²) in [5, 5.41) is 6.02. The maximum absolute atomic E-state index is 13.0. The van der Waals surface area contributed by atoms with Crippen LogP contribution in [0.3, 0.4) is 0 Å². The first kappa shape index (κ1) is 23.4. The smallest absolute Gasteiger partial charge is 0.337 e. The summed E-state index contributed by atoms with van der Waals surface area (Å²) in [5.74, 6) is -1.01. The summed E-state index contributed by atoms with van der Waals surface area (Å²) in [4.78, 5) is 59.7. The van der Waals surface area contributed by atoms with E-state index in [0.29, 0.717) is 33.3 Å². The normalized spacial score (nSPS) is 15.7. The summed E-state index contributed by atoms with van der Waals surface area (Å²) in [6.45, 7) is 1.06. The molecule has 0 bridgehead atoms. The van der Waals surface area contributed by atoms with Crippen LogP contribution >= 0.6 is 11.3 Å². The first-order valence-electron chi connectivity index (χ1n) is 10.7. The van der Waals surface area contributed by atoms with Gasteiger partial charge in [-0.25, -0.2) is 9.78 Å². The van der Waals surface area contributed by atoms with Crippen LogP contribution in [0.5, 0.6) is 0 Å². The highest BCUT2D eigenvalue weighted by Gasteiger charge is 2.27. The molecule has 1 aliphatic heterocycles. The Hall–Kier alpha value is -3.80. The summed E-state index contributed by atoms with van der Waals surface area (Å²) in [6.07, 6.45) is 2.97. The second-order valence-electron chi connectivity index (χ2n) is 7.84. The lowest BCUT2D eigenvalue weighted by atomic mass is 9.98. The molecule has 0 radical (unpaired) electrons. The van der Waals surface area contributed by atoms with Crippen molar-refractivity contribution in [1.29, 1.82) is 0 Å². The van der Waals surface area contributed by atoms with E-state index in [-0.39, 0.29) is 23.9 Å². The number of hydrogen-bond donors (Lipinski definition) is 2. The molecule has 12 heteroatoms. The standard InChI is InChI=1S/C22H24N6O5S/c1-23-19(30)14-4-3-9-27(10-14)22-26-18-17(34-22)20(31)28(12-24-18)11-16(29)25-15-7-5-13(6-8-15)21(32)33-2/h5-8,12,14H,3-4,9-11H2,1-2H3,(H,23,30)(H,25,29)/t14-/m1/s1. The number of nitrogens with zero attached hydrogens (tertiary/aromatic N) is 4. The molecule has 2 amide bonds. The molecule has 3 aromatic rings. The molecule has 11 nitrogen and oxygen atoms in total. The van der Waals surface area contributed by atoms with E-state index in [2.05, 4.69) is 25.3 Å². The third-order valence-electron chi connectivity index (χ3n) is 5.59. The van der Waals surface area contributed by atoms with Crippen molar-refractivity contribution < 1.29 is 19.1 Å². The molecule has 2 N–H and O–H groups in total. The van der Waals surface area contributed by atoms with Crippen LogP contribution in [0.2, 0.25) is 0 Å². The molecule has 1 saturated heterocycles. The number of amides is 2. The lowest BCUT2D eigenvalue weighted by molar-refractivity contribution is -0.124. The number of ether oxygens (including phenoxy) is 1. The zero-order valence-electron chi connectivity index (χ0n) is 18.7. The van der Waals surface area contributed by atoms with Crippen LogP contribution in [0.1, 0.15) is 23.2 Å². The largest absolute Gasteiger partial charge is 0.465 e. The van der Waals surface area contributed by atoms with E-state index in [9.17, 15) is 19.2 Å². The van der Waals surface area contributed by atoms with Crippen LogP contribution in [0.4, 0.5) is 10.8 Å². The zero-order valence-corrected chi connectivity index (χ0v) is 19.6. The quantitative estimate of drug-likeness (QED) is 0.499. The fourth-order valence-corrected chi connectivity index (χ4v) is 4.82. The van der Waals surface area contributed by atoms with Crippen molar-refractivity contribution in [2.24, 2.45) is 5.92 Å². The molecule has 1 fully saturated rings. The van der Waals surface area contributed by atoms with Gasteiger partial charge in [0, 0.05) is 25.8 Å². The molecular formula is C22H24N6O5S. The van der Waals surface area contributed by atoms with E-state index in [0.717, 1.165) is 19.4 Å². The highest BCUT2D eigenvalue weighted by Crippen LogP contribution is 2.29. The van der Waals surface area contributed by atoms with Crippen LogP contribution in [0.15, 0.2) is 35.4 Å². The average Bonchev–Trinajstić information content (AvgIpc) is 3.30. The van der Waals surface area contributed by atoms with Gasteiger partial charge >= 0.3 is 5.97 Å². The SMILES string of the molecule is CNC(=O)[C@@H]1CCCN(c2nc3ncn(CC(=O)Nc4ccc(C(=O)OC)cc4)c(=O)c3s2)C1. The Morgan fingerprint density at radius 2 is 2.00 bits per heavy atom. The number of piperidine rings is 1. The van der Waals surface area contributed by atoms with Crippen LogP contribution in [-0.4, -0.2) is 59.6 Å². The van der Waals surface area contributed by atoms with Crippen molar-refractivity contribution in [3.8, 4) is 0 Å². The maximum atomic E-state index is 13.0. The number of benzene rings is 1. The second kappa shape index (κ2) is 10.00. The van der Waals surface area contributed by atoms with Gasteiger partial charge in [0.25, 0.3) is 5.56 Å². The summed E-state index contributed by atoms with van der Waals surface area (Å²) in [6, 6.07) is 6.23. The fraction of sp³-hybridized carbons (Fsp3) is 0.364. The first-order valence-corrected chi connectivity index (χ1v) is 11.5. The van der Waals surface area contributed by atoms with E-state index in [4.69, 9.17) is 0 Å². The number of hydrogen-bond acceptors (Lipinski definition) is 9. The number of esters is 1. The molecule has 1 aliphatic rings. The van der Waals surface area contributed by atoms with E-state index < -0.39 is 11.9 Å². The van der Waals surface area contributed by atoms with Gasteiger partial charge in [-0.1, -0.05) is 11.3 Å². The highest BCUT2D eigenvalue weighted by molar-refractivity contribution is 7.22. The number of carbonyl (C=O) groups is 3. The molecule has 0 aliphatic carbocycles. The minimum atomic E-state index is -0.471. The topological polar surface area (TPSA) is 136 Å². The lowest BCUT2D eigenvalue weighted by Gasteiger charge is -2.31. The number of aromatic nitrogens is 3. The third-order valence-corrected chi connectivity index (χ3v) is 6.68. The lowest BCUT2D eigenvalue weighted by Crippen LogP contribution is -2.42. The number of rotatable bonds is 6. The van der Waals surface area contributed by atoms with Crippen molar-refractivity contribution in [2.45, 2.75) is 19.4 Å². The predicted octanol–water partition coefficient (Wildman–Crippen LogP) is 1.24. The molecule has 0 spiro atoms. The Morgan fingerprint density at radius 1 is 1.24 bits per heavy atom. The van der Waals surface area contributed by atoms with E-state index in [1.54, 1.807) is 19.2 Å². The van der Waals surface area contributed by atoms with Crippen molar-refractivity contribution in [1.82, 2.24) is 19.9 Å². The van der Waals surface area contributed by atoms with Crippen LogP contribution < -0.4 is 21.1 Å². The highest BCUT2D eigenvalue weighted by atomic mass is 32.1. The minimum absolute atomic E-state index is 0.00256. The van der Waals surface area contributed by atoms with Crippen LogP contribution in [0, 0.1) is 5.92 Å². The molecule has 178 valence electrons. The Labute approximate surface area is 198 Å². The van der Waals surface area contributed by atoms with Crippen molar-refractivity contribution >= 4 is 50.3 Å². The zero-order chi connectivity index (χ0) is 24.2.